The van der Waals surface area contributed by atoms with E-state index < -0.39 is 0 Å². The summed E-state index contributed by atoms with van der Waals surface area (Å²) in [5.74, 6) is 2.05. The third kappa shape index (κ3) is 4.13. The van der Waals surface area contributed by atoms with E-state index in [1.165, 1.54) is 30.2 Å². The summed E-state index contributed by atoms with van der Waals surface area (Å²) in [6, 6.07) is 8.19. The molecular formula is C17H22N4OS. The van der Waals surface area contributed by atoms with Gasteiger partial charge in [0, 0.05) is 19.0 Å². The average molecular weight is 330 g/mol. The summed E-state index contributed by atoms with van der Waals surface area (Å²) in [5, 5.41) is 12.3. The molecule has 3 rings (SSSR count). The van der Waals surface area contributed by atoms with Gasteiger partial charge in [-0.3, -0.25) is 4.79 Å². The van der Waals surface area contributed by atoms with E-state index in [9.17, 15) is 4.79 Å². The summed E-state index contributed by atoms with van der Waals surface area (Å²) in [6.07, 6.45) is 2.42. The number of thioether (sulfide) groups is 1. The van der Waals surface area contributed by atoms with E-state index in [2.05, 4.69) is 46.1 Å². The lowest BCUT2D eigenvalue weighted by atomic mass is 10.1. The Morgan fingerprint density at radius 3 is 2.70 bits per heavy atom. The van der Waals surface area contributed by atoms with E-state index in [-0.39, 0.29) is 5.91 Å². The Bertz CT molecular complexity index is 676. The molecule has 5 nitrogen and oxygen atoms in total. The van der Waals surface area contributed by atoms with Gasteiger partial charge in [-0.15, -0.1) is 10.2 Å². The lowest BCUT2D eigenvalue weighted by Crippen LogP contribution is -2.24. The molecule has 1 aromatic heterocycles. The number of amides is 1. The highest BCUT2D eigenvalue weighted by molar-refractivity contribution is 7.99. The van der Waals surface area contributed by atoms with Crippen molar-refractivity contribution >= 4 is 17.7 Å². The predicted octanol–water partition coefficient (Wildman–Crippen LogP) is 2.89. The molecule has 0 aliphatic heterocycles. The number of carbonyl (C=O) groups excluding carboxylic acids is 1. The van der Waals surface area contributed by atoms with Gasteiger partial charge in [-0.25, -0.2) is 0 Å². The van der Waals surface area contributed by atoms with Gasteiger partial charge in [0.05, 0.1) is 5.75 Å². The van der Waals surface area contributed by atoms with E-state index in [1.54, 1.807) is 0 Å². The third-order valence-corrected chi connectivity index (χ3v) is 4.91. The molecule has 0 saturated heterocycles. The Labute approximate surface area is 140 Å². The molecule has 0 atom stereocenters. The smallest absolute Gasteiger partial charge is 0.230 e. The monoisotopic (exact) mass is 330 g/mol. The molecule has 6 heteroatoms. The number of rotatable bonds is 7. The van der Waals surface area contributed by atoms with Gasteiger partial charge in [-0.2, -0.15) is 0 Å². The minimum Gasteiger partial charge on any atom is -0.351 e. The molecule has 1 fully saturated rings. The van der Waals surface area contributed by atoms with Gasteiger partial charge >= 0.3 is 0 Å². The molecule has 1 aliphatic carbocycles. The lowest BCUT2D eigenvalue weighted by Gasteiger charge is -2.07. The van der Waals surface area contributed by atoms with E-state index in [4.69, 9.17) is 0 Å². The standard InChI is InChI=1S/C17H22N4OS/c1-3-21-16(14-8-9-14)19-20-17(21)23-11-15(22)18-10-13-6-4-12(2)5-7-13/h4-7,14H,3,8-11H2,1-2H3,(H,18,22). The fraction of sp³-hybridized carbons (Fsp3) is 0.471. The summed E-state index contributed by atoms with van der Waals surface area (Å²) in [6.45, 7) is 5.56. The van der Waals surface area contributed by atoms with Crippen LogP contribution in [-0.2, 0) is 17.9 Å². The van der Waals surface area contributed by atoms with Crippen LogP contribution in [0.15, 0.2) is 29.4 Å². The summed E-state index contributed by atoms with van der Waals surface area (Å²) in [7, 11) is 0. The van der Waals surface area contributed by atoms with Crippen molar-refractivity contribution < 1.29 is 4.79 Å². The van der Waals surface area contributed by atoms with E-state index in [0.717, 1.165) is 23.1 Å². The van der Waals surface area contributed by atoms with E-state index in [0.29, 0.717) is 18.2 Å². The first-order valence-corrected chi connectivity index (χ1v) is 9.04. The maximum absolute atomic E-state index is 12.0. The van der Waals surface area contributed by atoms with Gasteiger partial charge in [0.1, 0.15) is 5.82 Å². The number of benzene rings is 1. The second kappa shape index (κ2) is 7.17. The minimum atomic E-state index is 0.0224. The predicted molar refractivity (Wildman–Crippen MR) is 91.4 cm³/mol. The van der Waals surface area contributed by atoms with Crippen molar-refractivity contribution in [1.29, 1.82) is 0 Å². The number of carbonyl (C=O) groups is 1. The molecule has 23 heavy (non-hydrogen) atoms. The number of hydrogen-bond donors (Lipinski definition) is 1. The molecule has 1 N–H and O–H groups in total. The Morgan fingerprint density at radius 1 is 1.30 bits per heavy atom. The molecule has 1 heterocycles. The van der Waals surface area contributed by atoms with Crippen LogP contribution in [0.4, 0.5) is 0 Å². The highest BCUT2D eigenvalue weighted by Gasteiger charge is 2.30. The van der Waals surface area contributed by atoms with Crippen molar-refractivity contribution in [3.8, 4) is 0 Å². The summed E-state index contributed by atoms with van der Waals surface area (Å²) >= 11 is 1.46. The normalized spacial score (nSPS) is 14.0. The molecule has 1 aromatic carbocycles. The van der Waals surface area contributed by atoms with Crippen LogP contribution in [0.5, 0.6) is 0 Å². The summed E-state index contributed by atoms with van der Waals surface area (Å²) < 4.78 is 2.13. The van der Waals surface area contributed by atoms with Gasteiger partial charge in [0.2, 0.25) is 5.91 Å². The maximum atomic E-state index is 12.0. The van der Waals surface area contributed by atoms with Crippen molar-refractivity contribution in [3.63, 3.8) is 0 Å². The molecular weight excluding hydrogens is 308 g/mol. The van der Waals surface area contributed by atoms with Gasteiger partial charge < -0.3 is 9.88 Å². The van der Waals surface area contributed by atoms with Crippen molar-refractivity contribution in [2.24, 2.45) is 0 Å². The first-order valence-electron chi connectivity index (χ1n) is 8.05. The zero-order valence-electron chi connectivity index (χ0n) is 13.6. The van der Waals surface area contributed by atoms with Crippen molar-refractivity contribution in [2.45, 2.75) is 50.9 Å². The second-order valence-electron chi connectivity index (χ2n) is 5.91. The second-order valence-corrected chi connectivity index (χ2v) is 6.85. The first-order chi connectivity index (χ1) is 11.2. The highest BCUT2D eigenvalue weighted by atomic mass is 32.2. The number of nitrogens with one attached hydrogen (secondary N) is 1. The molecule has 0 radical (unpaired) electrons. The Balaban J connectivity index is 1.50. The van der Waals surface area contributed by atoms with Crippen LogP contribution in [0, 0.1) is 6.92 Å². The molecule has 1 aliphatic rings. The Morgan fingerprint density at radius 2 is 2.04 bits per heavy atom. The molecule has 0 unspecified atom stereocenters. The van der Waals surface area contributed by atoms with Crippen LogP contribution in [0.2, 0.25) is 0 Å². The zero-order valence-corrected chi connectivity index (χ0v) is 14.4. The molecule has 0 spiro atoms. The Kier molecular flexibility index (Phi) is 5.00. The van der Waals surface area contributed by atoms with Crippen LogP contribution in [0.3, 0.4) is 0 Å². The largest absolute Gasteiger partial charge is 0.351 e. The van der Waals surface area contributed by atoms with Crippen LogP contribution in [0.25, 0.3) is 0 Å². The first kappa shape index (κ1) is 16.1. The highest BCUT2D eigenvalue weighted by Crippen LogP contribution is 2.39. The Hall–Kier alpha value is -1.82. The number of nitrogens with zero attached hydrogens (tertiary/aromatic N) is 3. The number of hydrogen-bond acceptors (Lipinski definition) is 4. The fourth-order valence-corrected chi connectivity index (χ4v) is 3.27. The van der Waals surface area contributed by atoms with Crippen molar-refractivity contribution in [2.75, 3.05) is 5.75 Å². The SMILES string of the molecule is CCn1c(SCC(=O)NCc2ccc(C)cc2)nnc1C1CC1. The fourth-order valence-electron chi connectivity index (χ4n) is 2.44. The molecule has 1 saturated carbocycles. The molecule has 1 amide bonds. The summed E-state index contributed by atoms with van der Waals surface area (Å²) in [5.41, 5.74) is 2.34. The van der Waals surface area contributed by atoms with Crippen molar-refractivity contribution in [1.82, 2.24) is 20.1 Å². The van der Waals surface area contributed by atoms with E-state index in [1.807, 2.05) is 12.1 Å². The van der Waals surface area contributed by atoms with Crippen LogP contribution in [-0.4, -0.2) is 26.4 Å². The molecule has 122 valence electrons. The molecule has 0 bridgehead atoms. The zero-order chi connectivity index (χ0) is 16.2. The van der Waals surface area contributed by atoms with E-state index >= 15 is 0 Å². The maximum Gasteiger partial charge on any atom is 0.230 e. The number of aromatic nitrogens is 3. The van der Waals surface area contributed by atoms with Gasteiger partial charge in [0.25, 0.3) is 0 Å². The topological polar surface area (TPSA) is 59.8 Å². The minimum absolute atomic E-state index is 0.0224. The van der Waals surface area contributed by atoms with Crippen molar-refractivity contribution in [3.05, 3.63) is 41.2 Å². The van der Waals surface area contributed by atoms with Gasteiger partial charge in [0.15, 0.2) is 5.16 Å². The van der Waals surface area contributed by atoms with Gasteiger partial charge in [-0.1, -0.05) is 41.6 Å². The van der Waals surface area contributed by atoms with Crippen LogP contribution >= 0.6 is 11.8 Å². The van der Waals surface area contributed by atoms with Gasteiger partial charge in [-0.05, 0) is 32.3 Å². The van der Waals surface area contributed by atoms with Crippen LogP contribution in [0.1, 0.15) is 42.6 Å². The lowest BCUT2D eigenvalue weighted by molar-refractivity contribution is -0.118. The quantitative estimate of drug-likeness (QED) is 0.793. The average Bonchev–Trinajstić information content (AvgIpc) is 3.32. The molecule has 2 aromatic rings. The summed E-state index contributed by atoms with van der Waals surface area (Å²) in [4.78, 5) is 12.0. The van der Waals surface area contributed by atoms with Crippen LogP contribution < -0.4 is 5.32 Å². The number of aryl methyl sites for hydroxylation is 1. The third-order valence-electron chi connectivity index (χ3n) is 3.95.